The van der Waals surface area contributed by atoms with Crippen LogP contribution in [0.3, 0.4) is 0 Å². The Morgan fingerprint density at radius 3 is 2.78 bits per heavy atom. The average Bonchev–Trinajstić information content (AvgIpc) is 3.28. The van der Waals surface area contributed by atoms with Gasteiger partial charge in [0.2, 0.25) is 0 Å². The normalized spacial score (nSPS) is 17.3. The number of carboxylic acids is 1. The smallest absolute Gasteiger partial charge is 0.387 e. The molecular formula is C23H19F2N3O4. The molecule has 1 aliphatic heterocycles. The number of hydrogen-bond donors (Lipinski definition) is 1. The number of carbonyl (C=O) groups excluding carboxylic acids is 1. The largest absolute Gasteiger partial charge is 0.472 e. The number of hydrogen-bond acceptors (Lipinski definition) is 5. The van der Waals surface area contributed by atoms with E-state index in [4.69, 9.17) is 14.8 Å². The van der Waals surface area contributed by atoms with Gasteiger partial charge >= 0.3 is 12.6 Å². The fourth-order valence-corrected chi connectivity index (χ4v) is 4.21. The van der Waals surface area contributed by atoms with Crippen LogP contribution in [0, 0.1) is 11.8 Å². The second-order valence-electron chi connectivity index (χ2n) is 7.58. The number of imidazole rings is 1. The number of alkyl halides is 2. The Morgan fingerprint density at radius 1 is 1.34 bits per heavy atom. The molecule has 2 unspecified atom stereocenters. The number of aliphatic carboxylic acids is 1. The summed E-state index contributed by atoms with van der Waals surface area (Å²) in [6.45, 7) is -3.04. The molecule has 32 heavy (non-hydrogen) atoms. The van der Waals surface area contributed by atoms with Crippen LogP contribution >= 0.6 is 0 Å². The Bertz CT molecular complexity index is 1270. The summed E-state index contributed by atoms with van der Waals surface area (Å²) in [7, 11) is 3.78. The number of benzene rings is 2. The van der Waals surface area contributed by atoms with Gasteiger partial charge in [-0.15, -0.1) is 0 Å². The molecule has 0 fully saturated rings. The van der Waals surface area contributed by atoms with E-state index in [1.807, 2.05) is 23.6 Å². The first-order chi connectivity index (χ1) is 15.3. The summed E-state index contributed by atoms with van der Waals surface area (Å²) in [6, 6.07) is 8.95. The quantitative estimate of drug-likeness (QED) is 0.484. The predicted octanol–water partition coefficient (Wildman–Crippen LogP) is 3.48. The molecule has 4 rings (SSSR count). The standard InChI is InChI=1S/C23H19F2N3O4/c1-27(2)18-11-17(21-14(12-29)4-3-5-19(21)32-23(24)25)28-16-10-13(7-9-20(30)31)6-8-15(16)26-22(18)28/h3-6,8,10,12,17-18,23H,11H2,1-2H3,(H,30,31). The minimum absolute atomic E-state index is 0.0661. The molecule has 2 aromatic carbocycles. The van der Waals surface area contributed by atoms with Crippen molar-refractivity contribution in [2.24, 2.45) is 0 Å². The van der Waals surface area contributed by atoms with Crippen molar-refractivity contribution in [3.8, 4) is 17.6 Å². The third-order valence-corrected chi connectivity index (χ3v) is 5.49. The zero-order chi connectivity index (χ0) is 23.0. The van der Waals surface area contributed by atoms with Crippen molar-refractivity contribution in [3.63, 3.8) is 0 Å². The summed E-state index contributed by atoms with van der Waals surface area (Å²) in [5.74, 6) is 4.07. The van der Waals surface area contributed by atoms with Crippen molar-refractivity contribution in [1.29, 1.82) is 0 Å². The van der Waals surface area contributed by atoms with Gasteiger partial charge in [0.05, 0.1) is 23.1 Å². The first-order valence-corrected chi connectivity index (χ1v) is 9.76. The summed E-state index contributed by atoms with van der Waals surface area (Å²) >= 11 is 0. The minimum Gasteiger partial charge on any atom is -0.472 e. The number of halogens is 2. The molecule has 1 aromatic heterocycles. The van der Waals surface area contributed by atoms with Crippen LogP contribution in [-0.2, 0) is 4.79 Å². The Labute approximate surface area is 182 Å². The molecule has 7 nitrogen and oxygen atoms in total. The molecule has 164 valence electrons. The highest BCUT2D eigenvalue weighted by Gasteiger charge is 2.38. The number of aromatic nitrogens is 2. The summed E-state index contributed by atoms with van der Waals surface area (Å²) < 4.78 is 32.9. The van der Waals surface area contributed by atoms with E-state index in [0.717, 1.165) is 0 Å². The van der Waals surface area contributed by atoms with Crippen LogP contribution < -0.4 is 4.74 Å². The first kappa shape index (κ1) is 21.5. The lowest BCUT2D eigenvalue weighted by Gasteiger charge is -2.22. The van der Waals surface area contributed by atoms with Gasteiger partial charge in [-0.25, -0.2) is 9.78 Å². The van der Waals surface area contributed by atoms with Crippen LogP contribution in [0.4, 0.5) is 8.78 Å². The second kappa shape index (κ2) is 8.40. The third kappa shape index (κ3) is 3.81. The topological polar surface area (TPSA) is 84.7 Å². The van der Waals surface area contributed by atoms with Crippen molar-refractivity contribution in [1.82, 2.24) is 14.5 Å². The molecule has 0 aliphatic carbocycles. The van der Waals surface area contributed by atoms with Gasteiger partial charge in [-0.3, -0.25) is 9.69 Å². The molecule has 2 heterocycles. The highest BCUT2D eigenvalue weighted by atomic mass is 19.3. The van der Waals surface area contributed by atoms with Crippen molar-refractivity contribution in [2.75, 3.05) is 14.1 Å². The van der Waals surface area contributed by atoms with Gasteiger partial charge < -0.3 is 14.4 Å². The lowest BCUT2D eigenvalue weighted by Crippen LogP contribution is -2.18. The van der Waals surface area contributed by atoms with Gasteiger partial charge in [-0.1, -0.05) is 18.1 Å². The van der Waals surface area contributed by atoms with Crippen LogP contribution in [0.1, 0.15) is 45.8 Å². The second-order valence-corrected chi connectivity index (χ2v) is 7.58. The van der Waals surface area contributed by atoms with Gasteiger partial charge in [0, 0.05) is 22.6 Å². The van der Waals surface area contributed by atoms with Crippen molar-refractivity contribution in [3.05, 3.63) is 58.9 Å². The molecule has 0 spiro atoms. The van der Waals surface area contributed by atoms with Gasteiger partial charge in [0.15, 0.2) is 6.29 Å². The molecule has 0 saturated heterocycles. The van der Waals surface area contributed by atoms with E-state index >= 15 is 0 Å². The zero-order valence-electron chi connectivity index (χ0n) is 17.3. The van der Waals surface area contributed by atoms with Gasteiger partial charge in [0.1, 0.15) is 11.6 Å². The maximum absolute atomic E-state index is 13.1. The first-order valence-electron chi connectivity index (χ1n) is 9.76. The maximum Gasteiger partial charge on any atom is 0.387 e. The molecule has 1 aliphatic rings. The van der Waals surface area contributed by atoms with Crippen molar-refractivity contribution >= 4 is 23.3 Å². The minimum atomic E-state index is -3.04. The molecule has 9 heteroatoms. The van der Waals surface area contributed by atoms with Crippen molar-refractivity contribution in [2.45, 2.75) is 25.1 Å². The van der Waals surface area contributed by atoms with E-state index < -0.39 is 18.6 Å². The van der Waals surface area contributed by atoms with Gasteiger partial charge in [0.25, 0.3) is 0 Å². The van der Waals surface area contributed by atoms with Crippen molar-refractivity contribution < 1.29 is 28.2 Å². The predicted molar refractivity (Wildman–Crippen MR) is 112 cm³/mol. The van der Waals surface area contributed by atoms with Crippen LogP contribution in [0.25, 0.3) is 11.0 Å². The molecule has 2 atom stereocenters. The Balaban J connectivity index is 1.96. The van der Waals surface area contributed by atoms with Crippen LogP contribution in [0.5, 0.6) is 5.75 Å². The van der Waals surface area contributed by atoms with E-state index in [9.17, 15) is 18.4 Å². The van der Waals surface area contributed by atoms with Crippen LogP contribution in [-0.4, -0.2) is 52.5 Å². The van der Waals surface area contributed by atoms with Gasteiger partial charge in [-0.05, 0) is 44.8 Å². The van der Waals surface area contributed by atoms with E-state index in [1.54, 1.807) is 24.3 Å². The molecule has 3 aromatic rings. The number of nitrogens with zero attached hydrogens (tertiary/aromatic N) is 3. The van der Waals surface area contributed by atoms with E-state index in [0.29, 0.717) is 40.7 Å². The Hall–Kier alpha value is -3.77. The van der Waals surface area contributed by atoms with E-state index in [1.165, 1.54) is 12.1 Å². The summed E-state index contributed by atoms with van der Waals surface area (Å²) in [6.07, 6.45) is 1.11. The van der Waals surface area contributed by atoms with Crippen LogP contribution in [0.15, 0.2) is 36.4 Å². The van der Waals surface area contributed by atoms with E-state index in [-0.39, 0.29) is 17.4 Å². The molecular weight excluding hydrogens is 420 g/mol. The molecule has 0 saturated carbocycles. The SMILES string of the molecule is CN(C)C1CC(c2c(C=O)cccc2OC(F)F)n2c1nc1ccc(C#CC(=O)O)cc12. The summed E-state index contributed by atoms with van der Waals surface area (Å²) in [5, 5.41) is 8.84. The lowest BCUT2D eigenvalue weighted by molar-refractivity contribution is -0.130. The monoisotopic (exact) mass is 439 g/mol. The molecule has 0 radical (unpaired) electrons. The fraction of sp³-hybridized carbons (Fsp3) is 0.261. The number of fused-ring (bicyclic) bond motifs is 3. The highest BCUT2D eigenvalue weighted by molar-refractivity contribution is 5.88. The molecule has 0 bridgehead atoms. The summed E-state index contributed by atoms with van der Waals surface area (Å²) in [5.41, 5.74) is 2.40. The Kier molecular flexibility index (Phi) is 5.63. The number of carboxylic acid groups (broad SMARTS) is 1. The average molecular weight is 439 g/mol. The van der Waals surface area contributed by atoms with Crippen LogP contribution in [0.2, 0.25) is 0 Å². The zero-order valence-corrected chi connectivity index (χ0v) is 17.3. The van der Waals surface area contributed by atoms with Gasteiger partial charge in [-0.2, -0.15) is 8.78 Å². The van der Waals surface area contributed by atoms with E-state index in [2.05, 4.69) is 11.8 Å². The number of aldehydes is 1. The molecule has 1 N–H and O–H groups in total. The number of carbonyl (C=O) groups is 2. The number of rotatable bonds is 5. The third-order valence-electron chi connectivity index (χ3n) is 5.49. The Morgan fingerprint density at radius 2 is 2.12 bits per heavy atom. The number of ether oxygens (including phenoxy) is 1. The molecule has 0 amide bonds. The summed E-state index contributed by atoms with van der Waals surface area (Å²) in [4.78, 5) is 29.3. The fourth-order valence-electron chi connectivity index (χ4n) is 4.21. The highest BCUT2D eigenvalue weighted by Crippen LogP contribution is 2.46. The maximum atomic E-state index is 13.1. The lowest BCUT2D eigenvalue weighted by atomic mass is 9.96.